The number of anilines is 1. The van der Waals surface area contributed by atoms with Gasteiger partial charge in [0.2, 0.25) is 0 Å². The highest BCUT2D eigenvalue weighted by Gasteiger charge is 2.24. The van der Waals surface area contributed by atoms with Crippen LogP contribution in [-0.4, -0.2) is 18.9 Å². The molecule has 1 aliphatic heterocycles. The number of Topliss-reactive ketones (excluding diaryl/α,β-unsaturated/α-hetero) is 1. The van der Waals surface area contributed by atoms with Crippen LogP contribution >= 0.6 is 0 Å². The van der Waals surface area contributed by atoms with Gasteiger partial charge in [0.25, 0.3) is 0 Å². The van der Waals surface area contributed by atoms with Crippen molar-refractivity contribution in [1.29, 1.82) is 0 Å². The number of carbonyl (C=O) groups is 1. The molecule has 1 aromatic rings. The van der Waals surface area contributed by atoms with Crippen LogP contribution in [0.15, 0.2) is 18.2 Å². The van der Waals surface area contributed by atoms with Gasteiger partial charge in [0.15, 0.2) is 5.78 Å². The van der Waals surface area contributed by atoms with E-state index in [4.69, 9.17) is 0 Å². The summed E-state index contributed by atoms with van der Waals surface area (Å²) in [5, 5.41) is 0. The molecule has 96 valence electrons. The lowest BCUT2D eigenvalue weighted by molar-refractivity contribution is 0.101. The predicted octanol–water partition coefficient (Wildman–Crippen LogP) is 3.44. The van der Waals surface area contributed by atoms with Gasteiger partial charge in [0.05, 0.1) is 0 Å². The van der Waals surface area contributed by atoms with Crippen molar-refractivity contribution in [3.05, 3.63) is 29.3 Å². The summed E-state index contributed by atoms with van der Waals surface area (Å²) in [6.07, 6.45) is 6.72. The van der Waals surface area contributed by atoms with E-state index >= 15 is 0 Å². The summed E-state index contributed by atoms with van der Waals surface area (Å²) >= 11 is 0. The van der Waals surface area contributed by atoms with Crippen LogP contribution in [0.4, 0.5) is 5.69 Å². The van der Waals surface area contributed by atoms with Crippen molar-refractivity contribution < 1.29 is 4.79 Å². The van der Waals surface area contributed by atoms with Crippen LogP contribution in [0.25, 0.3) is 0 Å². The Morgan fingerprint density at radius 2 is 2.11 bits per heavy atom. The smallest absolute Gasteiger partial charge is 0.159 e. The van der Waals surface area contributed by atoms with Gasteiger partial charge in [0.1, 0.15) is 0 Å². The molecule has 18 heavy (non-hydrogen) atoms. The van der Waals surface area contributed by atoms with Gasteiger partial charge in [-0.2, -0.15) is 0 Å². The highest BCUT2D eigenvalue weighted by Crippen LogP contribution is 2.33. The average Bonchev–Trinajstić information content (AvgIpc) is 2.99. The number of hydrogen-bond acceptors (Lipinski definition) is 2. The van der Waals surface area contributed by atoms with Gasteiger partial charge in [-0.1, -0.05) is 12.8 Å². The maximum atomic E-state index is 11.4. The molecule has 0 spiro atoms. The summed E-state index contributed by atoms with van der Waals surface area (Å²) in [4.78, 5) is 13.9. The molecule has 1 aliphatic carbocycles. The molecule has 0 aromatic heterocycles. The fraction of sp³-hybridized carbons (Fsp3) is 0.562. The summed E-state index contributed by atoms with van der Waals surface area (Å²) in [6, 6.07) is 6.22. The first kappa shape index (κ1) is 11.8. The molecule has 1 fully saturated rings. The largest absolute Gasteiger partial charge is 0.371 e. The molecule has 1 aromatic carbocycles. The van der Waals surface area contributed by atoms with Crippen molar-refractivity contribution >= 4 is 11.5 Å². The Kier molecular flexibility index (Phi) is 3.11. The van der Waals surface area contributed by atoms with Crippen molar-refractivity contribution in [2.24, 2.45) is 5.92 Å². The quantitative estimate of drug-likeness (QED) is 0.758. The predicted molar refractivity (Wildman–Crippen MR) is 74.3 cm³/mol. The molecule has 0 amide bonds. The standard InChI is InChI=1S/C16H21NO/c1-12(18)14-6-7-16-15(10-14)8-9-17(16)11-13-4-2-3-5-13/h6-7,10,13H,2-5,8-9,11H2,1H3. The Labute approximate surface area is 109 Å². The van der Waals surface area contributed by atoms with Crippen LogP contribution < -0.4 is 4.90 Å². The lowest BCUT2D eigenvalue weighted by atomic mass is 10.1. The van der Waals surface area contributed by atoms with Gasteiger partial charge in [0, 0.05) is 24.3 Å². The van der Waals surface area contributed by atoms with Crippen LogP contribution in [0.3, 0.4) is 0 Å². The van der Waals surface area contributed by atoms with Crippen LogP contribution in [-0.2, 0) is 6.42 Å². The topological polar surface area (TPSA) is 20.3 Å². The Morgan fingerprint density at radius 1 is 1.33 bits per heavy atom. The van der Waals surface area contributed by atoms with Crippen LogP contribution in [0.1, 0.15) is 48.5 Å². The SMILES string of the molecule is CC(=O)c1ccc2c(c1)CCN2CC1CCCC1. The van der Waals surface area contributed by atoms with E-state index in [1.165, 1.54) is 43.5 Å². The summed E-state index contributed by atoms with van der Waals surface area (Å²) in [5.41, 5.74) is 3.59. The second-order valence-electron chi connectivity index (χ2n) is 5.75. The van der Waals surface area contributed by atoms with Crippen molar-refractivity contribution in [2.75, 3.05) is 18.0 Å². The molecule has 0 radical (unpaired) electrons. The van der Waals surface area contributed by atoms with Gasteiger partial charge >= 0.3 is 0 Å². The van der Waals surface area contributed by atoms with E-state index in [0.717, 1.165) is 24.4 Å². The zero-order chi connectivity index (χ0) is 12.5. The van der Waals surface area contributed by atoms with E-state index in [1.54, 1.807) is 6.92 Å². The Morgan fingerprint density at radius 3 is 2.83 bits per heavy atom. The Balaban J connectivity index is 1.77. The first-order chi connectivity index (χ1) is 8.74. The summed E-state index contributed by atoms with van der Waals surface area (Å²) in [6.45, 7) is 3.99. The maximum absolute atomic E-state index is 11.4. The number of ketones is 1. The lowest BCUT2D eigenvalue weighted by Gasteiger charge is -2.23. The first-order valence-electron chi connectivity index (χ1n) is 7.13. The number of nitrogens with zero attached hydrogens (tertiary/aromatic N) is 1. The minimum Gasteiger partial charge on any atom is -0.371 e. The number of rotatable bonds is 3. The molecule has 0 atom stereocenters. The number of hydrogen-bond donors (Lipinski definition) is 0. The average molecular weight is 243 g/mol. The van der Waals surface area contributed by atoms with Crippen LogP contribution in [0.2, 0.25) is 0 Å². The zero-order valence-electron chi connectivity index (χ0n) is 11.1. The molecule has 2 aliphatic rings. The van der Waals surface area contributed by atoms with Crippen molar-refractivity contribution in [3.63, 3.8) is 0 Å². The molecule has 2 nitrogen and oxygen atoms in total. The molecule has 2 heteroatoms. The normalized spacial score (nSPS) is 19.3. The fourth-order valence-corrected chi connectivity index (χ4v) is 3.38. The van der Waals surface area contributed by atoms with E-state index in [0.29, 0.717) is 0 Å². The lowest BCUT2D eigenvalue weighted by Crippen LogP contribution is -2.26. The molecular weight excluding hydrogens is 222 g/mol. The molecule has 0 saturated heterocycles. The van der Waals surface area contributed by atoms with E-state index in [1.807, 2.05) is 6.07 Å². The minimum absolute atomic E-state index is 0.173. The summed E-state index contributed by atoms with van der Waals surface area (Å²) in [7, 11) is 0. The Hall–Kier alpha value is -1.31. The molecule has 0 unspecified atom stereocenters. The van der Waals surface area contributed by atoms with Gasteiger partial charge in [-0.05, 0) is 55.9 Å². The van der Waals surface area contributed by atoms with Crippen LogP contribution in [0.5, 0.6) is 0 Å². The monoisotopic (exact) mass is 243 g/mol. The third-order valence-corrected chi connectivity index (χ3v) is 4.43. The highest BCUT2D eigenvalue weighted by atomic mass is 16.1. The molecule has 1 saturated carbocycles. The van der Waals surface area contributed by atoms with E-state index in [9.17, 15) is 4.79 Å². The number of benzene rings is 1. The van der Waals surface area contributed by atoms with Crippen molar-refractivity contribution in [3.8, 4) is 0 Å². The molecular formula is C16H21NO. The molecule has 3 rings (SSSR count). The van der Waals surface area contributed by atoms with Crippen molar-refractivity contribution in [2.45, 2.75) is 39.0 Å². The second-order valence-corrected chi connectivity index (χ2v) is 5.75. The van der Waals surface area contributed by atoms with E-state index in [2.05, 4.69) is 17.0 Å². The second kappa shape index (κ2) is 4.75. The van der Waals surface area contributed by atoms with Gasteiger partial charge in [-0.3, -0.25) is 4.79 Å². The number of carbonyl (C=O) groups excluding carboxylic acids is 1. The van der Waals surface area contributed by atoms with Gasteiger partial charge in [-0.15, -0.1) is 0 Å². The summed E-state index contributed by atoms with van der Waals surface area (Å²) < 4.78 is 0. The first-order valence-corrected chi connectivity index (χ1v) is 7.13. The molecule has 0 bridgehead atoms. The fourth-order valence-electron chi connectivity index (χ4n) is 3.38. The zero-order valence-corrected chi connectivity index (χ0v) is 11.1. The third kappa shape index (κ3) is 2.16. The Bertz CT molecular complexity index is 460. The van der Waals surface area contributed by atoms with E-state index in [-0.39, 0.29) is 5.78 Å². The minimum atomic E-state index is 0.173. The molecule has 1 heterocycles. The summed E-state index contributed by atoms with van der Waals surface area (Å²) in [5.74, 6) is 1.07. The molecule has 0 N–H and O–H groups in total. The van der Waals surface area contributed by atoms with Gasteiger partial charge < -0.3 is 4.90 Å². The van der Waals surface area contributed by atoms with Crippen molar-refractivity contribution in [1.82, 2.24) is 0 Å². The third-order valence-electron chi connectivity index (χ3n) is 4.43. The highest BCUT2D eigenvalue weighted by molar-refractivity contribution is 5.94. The maximum Gasteiger partial charge on any atom is 0.159 e. The van der Waals surface area contributed by atoms with Gasteiger partial charge in [-0.25, -0.2) is 0 Å². The van der Waals surface area contributed by atoms with E-state index < -0.39 is 0 Å². The number of fused-ring (bicyclic) bond motifs is 1. The van der Waals surface area contributed by atoms with Crippen LogP contribution in [0, 0.1) is 5.92 Å².